The maximum absolute atomic E-state index is 12.4. The van der Waals surface area contributed by atoms with Crippen LogP contribution in [-0.2, 0) is 11.8 Å². The number of aromatic nitrogens is 2. The third kappa shape index (κ3) is 3.33. The lowest BCUT2D eigenvalue weighted by Gasteiger charge is -2.15. The van der Waals surface area contributed by atoms with Gasteiger partial charge in [0.1, 0.15) is 5.75 Å². The van der Waals surface area contributed by atoms with Crippen LogP contribution in [0.2, 0.25) is 0 Å². The topological polar surface area (TPSA) is 73.2 Å². The van der Waals surface area contributed by atoms with E-state index in [0.29, 0.717) is 6.42 Å². The third-order valence-corrected chi connectivity index (χ3v) is 3.50. The van der Waals surface area contributed by atoms with Gasteiger partial charge in [-0.25, -0.2) is 4.98 Å². The van der Waals surface area contributed by atoms with Gasteiger partial charge < -0.3 is 14.6 Å². The molecule has 0 aliphatic heterocycles. The molecule has 0 fully saturated rings. The molecular formula is C16H19N3O3. The summed E-state index contributed by atoms with van der Waals surface area (Å²) < 4.78 is 6.48. The SMILES string of the molecule is CC[C@@H](C(=O)Nc1nccn(C)c1=O)c1ccc(OC)cc1. The minimum atomic E-state index is -0.349. The summed E-state index contributed by atoms with van der Waals surface area (Å²) in [4.78, 5) is 28.3. The highest BCUT2D eigenvalue weighted by Gasteiger charge is 2.20. The Morgan fingerprint density at radius 1 is 1.36 bits per heavy atom. The average molecular weight is 301 g/mol. The predicted octanol–water partition coefficient (Wildman–Crippen LogP) is 1.92. The first-order chi connectivity index (χ1) is 10.6. The van der Waals surface area contributed by atoms with Gasteiger partial charge in [-0.1, -0.05) is 19.1 Å². The van der Waals surface area contributed by atoms with Gasteiger partial charge in [-0.15, -0.1) is 0 Å². The molecule has 6 heteroatoms. The molecule has 0 bridgehead atoms. The van der Waals surface area contributed by atoms with Crippen molar-refractivity contribution in [1.82, 2.24) is 9.55 Å². The van der Waals surface area contributed by atoms with Gasteiger partial charge in [0.15, 0.2) is 5.82 Å². The second-order valence-electron chi connectivity index (χ2n) is 4.92. The van der Waals surface area contributed by atoms with Crippen molar-refractivity contribution in [2.24, 2.45) is 7.05 Å². The molecule has 1 heterocycles. The lowest BCUT2D eigenvalue weighted by Crippen LogP contribution is -2.28. The van der Waals surface area contributed by atoms with Crippen LogP contribution in [0.3, 0.4) is 0 Å². The van der Waals surface area contributed by atoms with Crippen LogP contribution in [0.25, 0.3) is 0 Å². The number of rotatable bonds is 5. The van der Waals surface area contributed by atoms with Crippen molar-refractivity contribution in [1.29, 1.82) is 0 Å². The Labute approximate surface area is 128 Å². The van der Waals surface area contributed by atoms with E-state index in [1.807, 2.05) is 31.2 Å². The number of benzene rings is 1. The number of carbonyl (C=O) groups is 1. The molecule has 0 saturated heterocycles. The Bertz CT molecular complexity index is 707. The molecule has 1 aromatic heterocycles. The van der Waals surface area contributed by atoms with Gasteiger partial charge in [-0.3, -0.25) is 9.59 Å². The highest BCUT2D eigenvalue weighted by Crippen LogP contribution is 2.23. The minimum Gasteiger partial charge on any atom is -0.497 e. The molecule has 6 nitrogen and oxygen atoms in total. The Kier molecular flexibility index (Phi) is 4.93. The Balaban J connectivity index is 2.21. The molecule has 0 saturated carbocycles. The summed E-state index contributed by atoms with van der Waals surface area (Å²) in [5.41, 5.74) is 0.536. The van der Waals surface area contributed by atoms with Crippen LogP contribution < -0.4 is 15.6 Å². The first kappa shape index (κ1) is 15.8. The lowest BCUT2D eigenvalue weighted by molar-refractivity contribution is -0.117. The molecule has 1 N–H and O–H groups in total. The molecule has 0 spiro atoms. The predicted molar refractivity (Wildman–Crippen MR) is 84.1 cm³/mol. The standard InChI is InChI=1S/C16H19N3O3/c1-4-13(11-5-7-12(22-3)8-6-11)15(20)18-14-16(21)19(2)10-9-17-14/h5-10,13H,4H2,1-3H3,(H,17,18,20)/t13-/m1/s1. The van der Waals surface area contributed by atoms with E-state index in [1.54, 1.807) is 20.4 Å². The molecule has 22 heavy (non-hydrogen) atoms. The second kappa shape index (κ2) is 6.89. The van der Waals surface area contributed by atoms with E-state index in [2.05, 4.69) is 10.3 Å². The number of ether oxygens (including phenoxy) is 1. The summed E-state index contributed by atoms with van der Waals surface area (Å²) in [6.45, 7) is 1.92. The van der Waals surface area contributed by atoms with Crippen LogP contribution in [-0.4, -0.2) is 22.6 Å². The quantitative estimate of drug-likeness (QED) is 0.915. The first-order valence-corrected chi connectivity index (χ1v) is 7.03. The zero-order valence-corrected chi connectivity index (χ0v) is 12.9. The smallest absolute Gasteiger partial charge is 0.293 e. The van der Waals surface area contributed by atoms with Gasteiger partial charge in [0, 0.05) is 19.4 Å². The molecule has 116 valence electrons. The summed E-state index contributed by atoms with van der Waals surface area (Å²) in [5, 5.41) is 2.61. The number of methoxy groups -OCH3 is 1. The van der Waals surface area contributed by atoms with Crippen molar-refractivity contribution in [3.63, 3.8) is 0 Å². The van der Waals surface area contributed by atoms with Crippen molar-refractivity contribution in [2.75, 3.05) is 12.4 Å². The molecule has 2 rings (SSSR count). The summed E-state index contributed by atoms with van der Waals surface area (Å²) in [5.74, 6) is 0.181. The molecule has 0 unspecified atom stereocenters. The van der Waals surface area contributed by atoms with Gasteiger partial charge in [0.25, 0.3) is 5.56 Å². The van der Waals surface area contributed by atoms with E-state index in [0.717, 1.165) is 11.3 Å². The van der Waals surface area contributed by atoms with E-state index in [4.69, 9.17) is 4.74 Å². The number of nitrogens with one attached hydrogen (secondary N) is 1. The van der Waals surface area contributed by atoms with Crippen LogP contribution in [0.4, 0.5) is 5.82 Å². The van der Waals surface area contributed by atoms with Gasteiger partial charge in [-0.05, 0) is 24.1 Å². The van der Waals surface area contributed by atoms with Gasteiger partial charge in [0.2, 0.25) is 5.91 Å². The van der Waals surface area contributed by atoms with E-state index in [-0.39, 0.29) is 23.2 Å². The summed E-state index contributed by atoms with van der Waals surface area (Å²) in [6.07, 6.45) is 3.63. The molecular weight excluding hydrogens is 282 g/mol. The molecule has 0 aliphatic carbocycles. The van der Waals surface area contributed by atoms with Crippen LogP contribution >= 0.6 is 0 Å². The Morgan fingerprint density at radius 2 is 2.05 bits per heavy atom. The third-order valence-electron chi connectivity index (χ3n) is 3.50. The van der Waals surface area contributed by atoms with Crippen LogP contribution in [0.15, 0.2) is 41.5 Å². The van der Waals surface area contributed by atoms with Crippen molar-refractivity contribution in [2.45, 2.75) is 19.3 Å². The number of anilines is 1. The number of hydrogen-bond acceptors (Lipinski definition) is 4. The van der Waals surface area contributed by atoms with Gasteiger partial charge in [-0.2, -0.15) is 0 Å². The van der Waals surface area contributed by atoms with E-state index in [1.165, 1.54) is 10.8 Å². The van der Waals surface area contributed by atoms with Crippen LogP contribution in [0.5, 0.6) is 5.75 Å². The van der Waals surface area contributed by atoms with Gasteiger partial charge >= 0.3 is 0 Å². The largest absolute Gasteiger partial charge is 0.497 e. The maximum atomic E-state index is 12.4. The summed E-state index contributed by atoms with van der Waals surface area (Å²) >= 11 is 0. The van der Waals surface area contributed by atoms with Crippen LogP contribution in [0, 0.1) is 0 Å². The number of nitrogens with zero attached hydrogens (tertiary/aromatic N) is 2. The van der Waals surface area contributed by atoms with E-state index >= 15 is 0 Å². The zero-order chi connectivity index (χ0) is 16.1. The van der Waals surface area contributed by atoms with E-state index in [9.17, 15) is 9.59 Å². The van der Waals surface area contributed by atoms with E-state index < -0.39 is 0 Å². The summed E-state index contributed by atoms with van der Waals surface area (Å²) in [7, 11) is 3.20. The molecule has 2 aromatic rings. The highest BCUT2D eigenvalue weighted by molar-refractivity contribution is 5.94. The monoisotopic (exact) mass is 301 g/mol. The molecule has 1 amide bonds. The lowest BCUT2D eigenvalue weighted by atomic mass is 9.95. The normalized spacial score (nSPS) is 11.8. The molecule has 1 atom stereocenters. The van der Waals surface area contributed by atoms with Crippen molar-refractivity contribution < 1.29 is 9.53 Å². The average Bonchev–Trinajstić information content (AvgIpc) is 2.53. The fourth-order valence-corrected chi connectivity index (χ4v) is 2.20. The fraction of sp³-hybridized carbons (Fsp3) is 0.312. The molecule has 0 aliphatic rings. The minimum absolute atomic E-state index is 0.0435. The first-order valence-electron chi connectivity index (χ1n) is 7.03. The second-order valence-corrected chi connectivity index (χ2v) is 4.92. The van der Waals surface area contributed by atoms with Crippen LogP contribution in [0.1, 0.15) is 24.8 Å². The summed E-state index contributed by atoms with van der Waals surface area (Å²) in [6, 6.07) is 7.32. The van der Waals surface area contributed by atoms with Gasteiger partial charge in [0.05, 0.1) is 13.0 Å². The Morgan fingerprint density at radius 3 is 2.64 bits per heavy atom. The number of carbonyl (C=O) groups excluding carboxylic acids is 1. The number of aryl methyl sites for hydroxylation is 1. The molecule has 0 radical (unpaired) electrons. The number of amides is 1. The maximum Gasteiger partial charge on any atom is 0.293 e. The molecule has 1 aromatic carbocycles. The Hall–Kier alpha value is -2.63. The van der Waals surface area contributed by atoms with Crippen molar-refractivity contribution >= 4 is 11.7 Å². The van der Waals surface area contributed by atoms with Crippen molar-refractivity contribution in [3.05, 3.63) is 52.6 Å². The highest BCUT2D eigenvalue weighted by atomic mass is 16.5. The van der Waals surface area contributed by atoms with Crippen molar-refractivity contribution in [3.8, 4) is 5.75 Å². The zero-order valence-electron chi connectivity index (χ0n) is 12.9. The number of hydrogen-bond donors (Lipinski definition) is 1. The fourth-order valence-electron chi connectivity index (χ4n) is 2.20.